The zero-order valence-corrected chi connectivity index (χ0v) is 9.88. The predicted molar refractivity (Wildman–Crippen MR) is 60.1 cm³/mol. The molecule has 5 heteroatoms. The third kappa shape index (κ3) is 2.95. The molecule has 0 aliphatic heterocycles. The second-order valence-corrected chi connectivity index (χ2v) is 4.67. The Balaban J connectivity index is 2.72. The van der Waals surface area contributed by atoms with Gasteiger partial charge in [-0.2, -0.15) is 0 Å². The Bertz CT molecular complexity index is 280. The third-order valence-corrected chi connectivity index (χ3v) is 3.12. The second-order valence-electron chi connectivity index (χ2n) is 4.67. The van der Waals surface area contributed by atoms with Crippen molar-refractivity contribution in [1.82, 2.24) is 10.6 Å². The Hall–Kier alpha value is -1.10. The monoisotopic (exact) mass is 228 g/mol. The summed E-state index contributed by atoms with van der Waals surface area (Å²) in [4.78, 5) is 22.8. The van der Waals surface area contributed by atoms with Crippen LogP contribution in [0.1, 0.15) is 32.6 Å². The van der Waals surface area contributed by atoms with E-state index in [1.807, 2.05) is 6.92 Å². The van der Waals surface area contributed by atoms with Gasteiger partial charge in [-0.1, -0.05) is 19.8 Å². The summed E-state index contributed by atoms with van der Waals surface area (Å²) >= 11 is 0. The van der Waals surface area contributed by atoms with Gasteiger partial charge in [0.25, 0.3) is 0 Å². The van der Waals surface area contributed by atoms with E-state index < -0.39 is 11.5 Å². The van der Waals surface area contributed by atoms with Gasteiger partial charge in [0.2, 0.25) is 5.91 Å². The van der Waals surface area contributed by atoms with Gasteiger partial charge < -0.3 is 15.7 Å². The molecule has 3 N–H and O–H groups in total. The van der Waals surface area contributed by atoms with Crippen molar-refractivity contribution >= 4 is 11.9 Å². The fraction of sp³-hybridized carbons (Fsp3) is 0.818. The first-order chi connectivity index (χ1) is 7.50. The van der Waals surface area contributed by atoms with Crippen LogP contribution in [0.2, 0.25) is 0 Å². The van der Waals surface area contributed by atoms with E-state index in [0.29, 0.717) is 18.8 Å². The number of rotatable bonds is 4. The molecule has 1 amide bonds. The van der Waals surface area contributed by atoms with Crippen molar-refractivity contribution in [2.75, 3.05) is 13.6 Å². The number of hydrogen-bond acceptors (Lipinski definition) is 3. The number of carbonyl (C=O) groups is 2. The van der Waals surface area contributed by atoms with Crippen LogP contribution in [0.15, 0.2) is 0 Å². The minimum absolute atomic E-state index is 0.156. The number of aliphatic carboxylic acids is 1. The fourth-order valence-electron chi connectivity index (χ4n) is 2.38. The molecule has 0 bridgehead atoms. The van der Waals surface area contributed by atoms with Gasteiger partial charge in [0.1, 0.15) is 5.54 Å². The van der Waals surface area contributed by atoms with Gasteiger partial charge in [-0.15, -0.1) is 0 Å². The van der Waals surface area contributed by atoms with Crippen LogP contribution in [-0.4, -0.2) is 36.1 Å². The van der Waals surface area contributed by atoms with E-state index in [9.17, 15) is 14.7 Å². The largest absolute Gasteiger partial charge is 0.480 e. The number of carbonyl (C=O) groups excluding carboxylic acids is 1. The number of hydrogen-bond donors (Lipinski definition) is 3. The molecular weight excluding hydrogens is 208 g/mol. The molecule has 5 nitrogen and oxygen atoms in total. The highest BCUT2D eigenvalue weighted by Crippen LogP contribution is 2.32. The molecule has 1 saturated carbocycles. The molecule has 0 saturated heterocycles. The average molecular weight is 228 g/mol. The number of likely N-dealkylation sites (N-methyl/N-ethyl adjacent to an activating group) is 1. The third-order valence-electron chi connectivity index (χ3n) is 3.12. The summed E-state index contributed by atoms with van der Waals surface area (Å²) in [5, 5.41) is 14.7. The lowest BCUT2D eigenvalue weighted by atomic mass is 9.76. The Labute approximate surface area is 95.6 Å². The van der Waals surface area contributed by atoms with Crippen molar-refractivity contribution in [3.63, 3.8) is 0 Å². The topological polar surface area (TPSA) is 78.4 Å². The Kier molecular flexibility index (Phi) is 4.29. The first kappa shape index (κ1) is 13.0. The minimum Gasteiger partial charge on any atom is -0.480 e. The molecule has 0 radical (unpaired) electrons. The van der Waals surface area contributed by atoms with Crippen LogP contribution in [0.3, 0.4) is 0 Å². The molecule has 92 valence electrons. The summed E-state index contributed by atoms with van der Waals surface area (Å²) in [6.07, 6.45) is 2.95. The van der Waals surface area contributed by atoms with Crippen molar-refractivity contribution in [1.29, 1.82) is 0 Å². The molecule has 0 aromatic carbocycles. The van der Waals surface area contributed by atoms with Crippen molar-refractivity contribution in [2.45, 2.75) is 38.1 Å². The van der Waals surface area contributed by atoms with Crippen LogP contribution in [0.5, 0.6) is 0 Å². The molecule has 16 heavy (non-hydrogen) atoms. The molecule has 1 aliphatic carbocycles. The van der Waals surface area contributed by atoms with Crippen LogP contribution in [0, 0.1) is 5.92 Å². The summed E-state index contributed by atoms with van der Waals surface area (Å²) in [6, 6.07) is 0. The van der Waals surface area contributed by atoms with E-state index in [4.69, 9.17) is 0 Å². The van der Waals surface area contributed by atoms with Crippen LogP contribution in [0.25, 0.3) is 0 Å². The molecule has 1 fully saturated rings. The van der Waals surface area contributed by atoms with E-state index in [-0.39, 0.29) is 12.5 Å². The van der Waals surface area contributed by atoms with Gasteiger partial charge in [-0.3, -0.25) is 4.79 Å². The van der Waals surface area contributed by atoms with Gasteiger partial charge in [-0.05, 0) is 25.8 Å². The van der Waals surface area contributed by atoms with Gasteiger partial charge in [0, 0.05) is 0 Å². The second kappa shape index (κ2) is 5.30. The summed E-state index contributed by atoms with van der Waals surface area (Å²) in [5.74, 6) is -0.817. The van der Waals surface area contributed by atoms with E-state index in [2.05, 4.69) is 10.6 Å². The maximum absolute atomic E-state index is 11.5. The Morgan fingerprint density at radius 1 is 1.50 bits per heavy atom. The molecule has 0 spiro atoms. The lowest BCUT2D eigenvalue weighted by Crippen LogP contribution is -2.58. The number of carboxylic acids is 1. The van der Waals surface area contributed by atoms with Crippen LogP contribution >= 0.6 is 0 Å². The highest BCUT2D eigenvalue weighted by Gasteiger charge is 2.42. The zero-order valence-electron chi connectivity index (χ0n) is 9.88. The number of carboxylic acid groups (broad SMARTS) is 1. The molecule has 1 aliphatic rings. The van der Waals surface area contributed by atoms with Gasteiger partial charge in [-0.25, -0.2) is 4.79 Å². The lowest BCUT2D eigenvalue weighted by Gasteiger charge is -2.37. The number of nitrogens with one attached hydrogen (secondary N) is 2. The standard InChI is InChI=1S/C11H20N2O3/c1-8-4-3-5-11(6-8,10(15)16)13-9(14)7-12-2/h8,12H,3-7H2,1-2H3,(H,13,14)(H,15,16). The highest BCUT2D eigenvalue weighted by atomic mass is 16.4. The van der Waals surface area contributed by atoms with E-state index in [1.165, 1.54) is 0 Å². The van der Waals surface area contributed by atoms with Crippen molar-refractivity contribution in [3.8, 4) is 0 Å². The van der Waals surface area contributed by atoms with Crippen LogP contribution in [0.4, 0.5) is 0 Å². The molecular formula is C11H20N2O3. The summed E-state index contributed by atoms with van der Waals surface area (Å²) in [7, 11) is 1.66. The van der Waals surface area contributed by atoms with Crippen molar-refractivity contribution < 1.29 is 14.7 Å². The summed E-state index contributed by atoms with van der Waals surface area (Å²) in [5.41, 5.74) is -1.05. The predicted octanol–water partition coefficient (Wildman–Crippen LogP) is 0.355. The first-order valence-electron chi connectivity index (χ1n) is 5.69. The lowest BCUT2D eigenvalue weighted by molar-refractivity contribution is -0.149. The molecule has 0 heterocycles. The molecule has 2 unspecified atom stereocenters. The van der Waals surface area contributed by atoms with Crippen molar-refractivity contribution in [3.05, 3.63) is 0 Å². The van der Waals surface area contributed by atoms with Gasteiger partial charge in [0.15, 0.2) is 0 Å². The number of amides is 1. The summed E-state index contributed by atoms with van der Waals surface area (Å²) < 4.78 is 0. The fourth-order valence-corrected chi connectivity index (χ4v) is 2.38. The zero-order chi connectivity index (χ0) is 12.2. The van der Waals surface area contributed by atoms with E-state index in [1.54, 1.807) is 7.05 Å². The van der Waals surface area contributed by atoms with Gasteiger partial charge in [0.05, 0.1) is 6.54 Å². The first-order valence-corrected chi connectivity index (χ1v) is 5.69. The maximum atomic E-state index is 11.5. The van der Waals surface area contributed by atoms with Crippen LogP contribution in [-0.2, 0) is 9.59 Å². The summed E-state index contributed by atoms with van der Waals surface area (Å²) in [6.45, 7) is 2.19. The normalized spacial score (nSPS) is 29.8. The highest BCUT2D eigenvalue weighted by molar-refractivity contribution is 5.88. The maximum Gasteiger partial charge on any atom is 0.329 e. The molecule has 1 rings (SSSR count). The Morgan fingerprint density at radius 3 is 2.69 bits per heavy atom. The Morgan fingerprint density at radius 2 is 2.19 bits per heavy atom. The van der Waals surface area contributed by atoms with Crippen molar-refractivity contribution in [2.24, 2.45) is 5.92 Å². The minimum atomic E-state index is -1.05. The molecule has 0 aromatic rings. The van der Waals surface area contributed by atoms with Crippen LogP contribution < -0.4 is 10.6 Å². The molecule has 2 atom stereocenters. The van der Waals surface area contributed by atoms with Gasteiger partial charge >= 0.3 is 5.97 Å². The average Bonchev–Trinajstić information content (AvgIpc) is 2.17. The van der Waals surface area contributed by atoms with E-state index >= 15 is 0 Å². The quantitative estimate of drug-likeness (QED) is 0.649. The SMILES string of the molecule is CNCC(=O)NC1(C(=O)O)CCCC(C)C1. The van der Waals surface area contributed by atoms with E-state index in [0.717, 1.165) is 12.8 Å². The smallest absolute Gasteiger partial charge is 0.329 e. The molecule has 0 aromatic heterocycles.